The van der Waals surface area contributed by atoms with E-state index in [1.54, 1.807) is 49.4 Å². The van der Waals surface area contributed by atoms with E-state index in [0.717, 1.165) is 17.7 Å². The van der Waals surface area contributed by atoms with Crippen LogP contribution < -0.4 is 10.0 Å². The normalized spacial score (nSPS) is 13.8. The number of nitrogens with one attached hydrogen (secondary N) is 2. The largest absolute Gasteiger partial charge is 0.372 e. The molecule has 0 spiro atoms. The van der Waals surface area contributed by atoms with Crippen molar-refractivity contribution < 1.29 is 13.5 Å². The fourth-order valence-electron chi connectivity index (χ4n) is 4.14. The number of hydrogen-bond donors (Lipinski definition) is 3. The molecule has 0 aliphatic carbocycles. The molecule has 0 saturated carbocycles. The van der Waals surface area contributed by atoms with Gasteiger partial charge in [0, 0.05) is 35.1 Å². The fourth-order valence-corrected chi connectivity index (χ4v) is 5.21. The van der Waals surface area contributed by atoms with Crippen molar-refractivity contribution in [2.24, 2.45) is 0 Å². The first-order chi connectivity index (χ1) is 17.0. The third kappa shape index (κ3) is 6.40. The zero-order valence-electron chi connectivity index (χ0n) is 20.7. The molecule has 0 aliphatic rings. The van der Waals surface area contributed by atoms with E-state index in [4.69, 9.17) is 0 Å². The lowest BCUT2D eigenvalue weighted by molar-refractivity contribution is -0.00996. The summed E-state index contributed by atoms with van der Waals surface area (Å²) in [6, 6.07) is 25.0. The minimum atomic E-state index is -3.73. The maximum Gasteiger partial charge on any atom is 0.261 e. The fraction of sp³-hybridized carbons (Fsp3) is 0.250. The first-order valence-corrected chi connectivity index (χ1v) is 13.3. The molecule has 0 bridgehead atoms. The second-order valence-electron chi connectivity index (χ2n) is 9.69. The summed E-state index contributed by atoms with van der Waals surface area (Å²) in [5.41, 5.74) is 1.10. The summed E-state index contributed by atoms with van der Waals surface area (Å²) in [4.78, 5) is 4.68. The summed E-state index contributed by atoms with van der Waals surface area (Å²) >= 11 is 0. The monoisotopic (exact) mass is 504 g/mol. The van der Waals surface area contributed by atoms with Gasteiger partial charge in [-0.25, -0.2) is 13.4 Å². The molecule has 0 aliphatic heterocycles. The Morgan fingerprint density at radius 2 is 1.58 bits per heavy atom. The van der Waals surface area contributed by atoms with Gasteiger partial charge >= 0.3 is 0 Å². The molecule has 0 amide bonds. The summed E-state index contributed by atoms with van der Waals surface area (Å²) in [6.45, 7) is 6.44. The maximum absolute atomic E-state index is 12.7. The van der Waals surface area contributed by atoms with Crippen LogP contribution in [-0.4, -0.2) is 28.6 Å². The Labute approximate surface area is 212 Å². The second-order valence-corrected chi connectivity index (χ2v) is 11.4. The van der Waals surface area contributed by atoms with Crippen molar-refractivity contribution >= 4 is 15.7 Å². The van der Waals surface area contributed by atoms with E-state index in [1.165, 1.54) is 12.1 Å². The highest BCUT2D eigenvalue weighted by Gasteiger charge is 2.31. The molecule has 36 heavy (non-hydrogen) atoms. The van der Waals surface area contributed by atoms with Crippen LogP contribution in [0.5, 0.6) is 0 Å². The van der Waals surface area contributed by atoms with Gasteiger partial charge in [-0.2, -0.15) is 0 Å². The van der Waals surface area contributed by atoms with E-state index in [0.29, 0.717) is 17.8 Å². The highest BCUT2D eigenvalue weighted by Crippen LogP contribution is 2.27. The van der Waals surface area contributed by atoms with Crippen LogP contribution in [0, 0.1) is 0 Å². The average molecular weight is 505 g/mol. The van der Waals surface area contributed by atoms with Gasteiger partial charge in [0.15, 0.2) is 0 Å². The number of aryl methyl sites for hydroxylation is 1. The molecule has 3 aromatic carbocycles. The average Bonchev–Trinajstić information content (AvgIpc) is 3.33. The summed E-state index contributed by atoms with van der Waals surface area (Å²) in [6.07, 6.45) is 4.57. The zero-order valence-corrected chi connectivity index (χ0v) is 21.5. The number of aromatic nitrogens is 2. The van der Waals surface area contributed by atoms with Gasteiger partial charge in [-0.05, 0) is 51.5 Å². The lowest BCUT2D eigenvalue weighted by Crippen LogP contribution is -2.52. The zero-order chi connectivity index (χ0) is 25.8. The van der Waals surface area contributed by atoms with Crippen LogP contribution in [0.15, 0.2) is 102 Å². The van der Waals surface area contributed by atoms with Crippen molar-refractivity contribution in [2.45, 2.75) is 49.9 Å². The Bertz CT molecular complexity index is 1400. The molecular formula is C28H32N4O3S. The minimum Gasteiger partial charge on any atom is -0.372 e. The van der Waals surface area contributed by atoms with Gasteiger partial charge < -0.3 is 9.67 Å². The van der Waals surface area contributed by atoms with Crippen LogP contribution in [0.3, 0.4) is 0 Å². The molecule has 3 N–H and O–H groups in total. The summed E-state index contributed by atoms with van der Waals surface area (Å²) in [5, 5.41) is 14.6. The van der Waals surface area contributed by atoms with Gasteiger partial charge in [-0.3, -0.25) is 10.0 Å². The number of benzene rings is 3. The number of rotatable bonds is 10. The number of sulfonamides is 1. The van der Waals surface area contributed by atoms with Gasteiger partial charge in [0.05, 0.1) is 16.9 Å². The third-order valence-electron chi connectivity index (χ3n) is 6.01. The van der Waals surface area contributed by atoms with Gasteiger partial charge in [-0.1, -0.05) is 60.7 Å². The topological polar surface area (TPSA) is 96.2 Å². The molecule has 188 valence electrons. The van der Waals surface area contributed by atoms with Crippen molar-refractivity contribution in [1.29, 1.82) is 0 Å². The molecule has 1 atom stereocenters. The molecule has 4 rings (SSSR count). The molecule has 0 radical (unpaired) electrons. The van der Waals surface area contributed by atoms with Crippen molar-refractivity contribution in [2.75, 3.05) is 4.72 Å². The summed E-state index contributed by atoms with van der Waals surface area (Å²) in [7, 11) is -3.73. The Morgan fingerprint density at radius 3 is 2.28 bits per heavy atom. The predicted octanol–water partition coefficient (Wildman–Crippen LogP) is 4.97. The van der Waals surface area contributed by atoms with Crippen LogP contribution in [-0.2, 0) is 22.3 Å². The second kappa shape index (κ2) is 10.3. The van der Waals surface area contributed by atoms with Crippen molar-refractivity contribution in [3.05, 3.63) is 103 Å². The van der Waals surface area contributed by atoms with Gasteiger partial charge in [0.2, 0.25) is 0 Å². The van der Waals surface area contributed by atoms with Crippen molar-refractivity contribution in [1.82, 2.24) is 14.9 Å². The molecular weight excluding hydrogens is 472 g/mol. The summed E-state index contributed by atoms with van der Waals surface area (Å²) in [5.74, 6) is 0. The molecule has 1 unspecified atom stereocenters. The Hall–Kier alpha value is -3.46. The van der Waals surface area contributed by atoms with Crippen LogP contribution in [0.2, 0.25) is 0 Å². The van der Waals surface area contributed by atoms with Crippen molar-refractivity contribution in [3.63, 3.8) is 0 Å². The molecule has 8 heteroatoms. The van der Waals surface area contributed by atoms with Crippen molar-refractivity contribution in [3.8, 4) is 11.3 Å². The lowest BCUT2D eigenvalue weighted by atomic mass is 9.95. The number of imidazole rings is 1. The highest BCUT2D eigenvalue weighted by atomic mass is 32.2. The third-order valence-corrected chi connectivity index (χ3v) is 7.41. The first kappa shape index (κ1) is 25.6. The molecule has 4 aromatic rings. The Balaban J connectivity index is 1.42. The standard InChI is InChI=1S/C28H32N4O3S/c1-27(2,17-18-32-20-26(29-21-32)22-11-6-4-7-12-22)31-28(3,33)23-13-10-14-24(19-23)30-36(34,35)25-15-8-5-9-16-25/h4-16,19-21,30-31,33H,17-18H2,1-3H3. The molecule has 1 heterocycles. The molecule has 0 fully saturated rings. The summed E-state index contributed by atoms with van der Waals surface area (Å²) < 4.78 is 30.1. The minimum absolute atomic E-state index is 0.177. The lowest BCUT2D eigenvalue weighted by Gasteiger charge is -2.36. The van der Waals surface area contributed by atoms with Gasteiger partial charge in [-0.15, -0.1) is 0 Å². The van der Waals surface area contributed by atoms with Crippen LogP contribution in [0.1, 0.15) is 32.8 Å². The molecule has 7 nitrogen and oxygen atoms in total. The van der Waals surface area contributed by atoms with E-state index < -0.39 is 21.3 Å². The maximum atomic E-state index is 12.7. The number of nitrogens with zero attached hydrogens (tertiary/aromatic N) is 2. The smallest absolute Gasteiger partial charge is 0.261 e. The van der Waals surface area contributed by atoms with Crippen LogP contribution in [0.25, 0.3) is 11.3 Å². The van der Waals surface area contributed by atoms with E-state index >= 15 is 0 Å². The first-order valence-electron chi connectivity index (χ1n) is 11.8. The quantitative estimate of drug-likeness (QED) is 0.265. The van der Waals surface area contributed by atoms with Crippen LogP contribution >= 0.6 is 0 Å². The Morgan fingerprint density at radius 1 is 0.917 bits per heavy atom. The van der Waals surface area contributed by atoms with Crippen LogP contribution in [0.4, 0.5) is 5.69 Å². The molecule has 0 saturated heterocycles. The number of aliphatic hydroxyl groups is 1. The number of hydrogen-bond acceptors (Lipinski definition) is 5. The van der Waals surface area contributed by atoms with E-state index in [2.05, 4.69) is 15.0 Å². The molecule has 1 aromatic heterocycles. The van der Waals surface area contributed by atoms with E-state index in [9.17, 15) is 13.5 Å². The van der Waals surface area contributed by atoms with E-state index in [-0.39, 0.29) is 4.90 Å². The van der Waals surface area contributed by atoms with Gasteiger partial charge in [0.25, 0.3) is 10.0 Å². The van der Waals surface area contributed by atoms with Gasteiger partial charge in [0.1, 0.15) is 5.72 Å². The number of anilines is 1. The SMILES string of the molecule is CC(C)(CCn1cnc(-c2ccccc2)c1)NC(C)(O)c1cccc(NS(=O)(=O)c2ccccc2)c1. The Kier molecular flexibility index (Phi) is 7.31. The van der Waals surface area contributed by atoms with E-state index in [1.807, 2.05) is 61.3 Å². The predicted molar refractivity (Wildman–Crippen MR) is 143 cm³/mol. The highest BCUT2D eigenvalue weighted by molar-refractivity contribution is 7.92.